The third-order valence-corrected chi connectivity index (χ3v) is 0. The highest BCUT2D eigenvalue weighted by molar-refractivity contribution is 5.29. The van der Waals surface area contributed by atoms with Gasteiger partial charge in [-0.2, -0.15) is 0 Å². The minimum atomic E-state index is -0.500. The summed E-state index contributed by atoms with van der Waals surface area (Å²) in [4.78, 5) is 16.2. The molecule has 0 saturated heterocycles. The van der Waals surface area contributed by atoms with Crippen LogP contribution in [0.5, 0.6) is 0 Å². The monoisotopic (exact) mass is 93.0 g/mol. The first-order valence-electron chi connectivity index (χ1n) is 0.760. The summed E-state index contributed by atoms with van der Waals surface area (Å²) in [7, 11) is 0. The predicted molar refractivity (Wildman–Crippen MR) is 19.2 cm³/mol. The van der Waals surface area contributed by atoms with Gasteiger partial charge in [-0.3, -0.25) is 0 Å². The second kappa shape index (κ2) is 3940. The van der Waals surface area contributed by atoms with Crippen molar-refractivity contribution in [2.45, 2.75) is 0 Å². The van der Waals surface area contributed by atoms with Crippen molar-refractivity contribution in [1.82, 2.24) is 6.15 Å². The van der Waals surface area contributed by atoms with Crippen LogP contribution < -0.4 is 11.3 Å². The smallest absolute Gasteiger partial charge is 0.106 e. The molecule has 0 aliphatic carbocycles. The molecule has 0 aliphatic heterocycles. The van der Waals surface area contributed by atoms with Gasteiger partial charge < -0.3 is 20.8 Å². The molecule has 0 fully saturated rings. The van der Waals surface area contributed by atoms with E-state index in [9.17, 15) is 0 Å². The molecular weight excluding hydrogens is 86.0 g/mol. The summed E-state index contributed by atoms with van der Waals surface area (Å²) in [5.41, 5.74) is 0. The molecular formula is C2H7NO3. The van der Waals surface area contributed by atoms with Gasteiger partial charge in [0.25, 0.3) is 0 Å². The van der Waals surface area contributed by atoms with E-state index in [1.165, 1.54) is 0 Å². The zero-order chi connectivity index (χ0) is 4.71. The maximum atomic E-state index is 8.25. The van der Waals surface area contributed by atoms with Crippen molar-refractivity contribution in [2.24, 2.45) is 0 Å². The van der Waals surface area contributed by atoms with E-state index in [0.717, 1.165) is 0 Å². The fraction of sp³-hybridized carbons (Fsp3) is 0. The first-order valence-corrected chi connectivity index (χ1v) is 0.760. The molecule has 4 nitrogen and oxygen atoms in total. The molecule has 0 aromatic heterocycles. The van der Waals surface area contributed by atoms with Crippen LogP contribution in [-0.2, 0) is 9.59 Å². The molecule has 0 radical (unpaired) electrons. The molecule has 38 valence electrons. The maximum absolute atomic E-state index is 8.25. The minimum absolute atomic E-state index is 0. The van der Waals surface area contributed by atoms with E-state index in [4.69, 9.17) is 14.7 Å². The molecule has 4 N–H and O–H groups in total. The average molecular weight is 93.1 g/mol. The van der Waals surface area contributed by atoms with Crippen LogP contribution in [0.4, 0.5) is 0 Å². The molecule has 0 rings (SSSR count). The Bertz CT molecular complexity index is 22.8. The lowest BCUT2D eigenvalue weighted by Crippen LogP contribution is -2.01. The zero-order valence-corrected chi connectivity index (χ0v) is 3.51. The van der Waals surface area contributed by atoms with Crippen LogP contribution in [0.15, 0.2) is 0 Å². The Morgan fingerprint density at radius 2 is 1.50 bits per heavy atom. The first-order chi connectivity index (χ1) is 2.41. The van der Waals surface area contributed by atoms with Gasteiger partial charge in [-0.1, -0.05) is 0 Å². The molecule has 0 amide bonds. The van der Waals surface area contributed by atoms with E-state index in [1.54, 1.807) is 0 Å². The molecule has 6 heavy (non-hydrogen) atoms. The average Bonchev–Trinajstić information content (AvgIpc) is 1.46. The Kier molecular flexibility index (Phi) is 12800. The molecule has 0 bridgehead atoms. The number of hydrogen-bond acceptors (Lipinski definition) is 3. The van der Waals surface area contributed by atoms with Crippen LogP contribution in [0.3, 0.4) is 0 Å². The van der Waals surface area contributed by atoms with Crippen molar-refractivity contribution in [3.05, 3.63) is 0 Å². The molecule has 0 saturated carbocycles. The summed E-state index contributed by atoms with van der Waals surface area (Å²) >= 11 is 0. The lowest BCUT2D eigenvalue weighted by Gasteiger charge is -1.52. The summed E-state index contributed by atoms with van der Waals surface area (Å²) in [6.45, 7) is 1.50. The Morgan fingerprint density at radius 1 is 1.50 bits per heavy atom. The highest BCUT2D eigenvalue weighted by atomic mass is 16.3. The molecule has 0 aliphatic rings. The zero-order valence-electron chi connectivity index (χ0n) is 3.51. The Morgan fingerprint density at radius 3 is 1.50 bits per heavy atom. The van der Waals surface area contributed by atoms with Gasteiger partial charge in [0.15, 0.2) is 0 Å². The van der Waals surface area contributed by atoms with Crippen LogP contribution in [0.25, 0.3) is 0 Å². The van der Waals surface area contributed by atoms with Gasteiger partial charge in [-0.25, -0.2) is 0 Å². The van der Waals surface area contributed by atoms with E-state index in [2.05, 4.69) is 0 Å². The second-order valence-corrected chi connectivity index (χ2v) is 0.0962. The van der Waals surface area contributed by atoms with Crippen LogP contribution in [0, 0.1) is 0 Å². The maximum Gasteiger partial charge on any atom is 0.106 e. The normalized spacial score (nSPS) is 2.67. The van der Waals surface area contributed by atoms with Gasteiger partial charge in [0.1, 0.15) is 6.79 Å². The van der Waals surface area contributed by atoms with Crippen LogP contribution in [-0.4, -0.2) is 13.3 Å². The highest BCUT2D eigenvalue weighted by Gasteiger charge is 0.996. The van der Waals surface area contributed by atoms with Crippen LogP contribution in [0.1, 0.15) is 0 Å². The summed E-state index contributed by atoms with van der Waals surface area (Å²) < 4.78 is 0. The topological polar surface area (TPSA) is 93.7 Å². The van der Waals surface area contributed by atoms with Crippen LogP contribution in [0.2, 0.25) is 0 Å². The fourth-order valence-corrected chi connectivity index (χ4v) is 0. The minimum Gasteiger partial charge on any atom is -0.554 e. The first kappa shape index (κ1) is 19.4. The summed E-state index contributed by atoms with van der Waals surface area (Å²) in [5.74, 6) is 0. The SMILES string of the molecule is C=O.O=C[O-].[NH4+]. The summed E-state index contributed by atoms with van der Waals surface area (Å²) in [6, 6.07) is 0. The summed E-state index contributed by atoms with van der Waals surface area (Å²) in [5, 5.41) is 8.25. The fourth-order valence-electron chi connectivity index (χ4n) is 0. The molecule has 0 atom stereocenters. The standard InChI is InChI=1S/CH2O2.CH2O.H3N/c2-1-3;1-2;/h1H,(H,2,3);1H2;1H3. The Hall–Kier alpha value is -0.900. The van der Waals surface area contributed by atoms with Crippen molar-refractivity contribution in [3.8, 4) is 0 Å². The van der Waals surface area contributed by atoms with Crippen molar-refractivity contribution in [3.63, 3.8) is 0 Å². The Labute approximate surface area is 35.4 Å². The van der Waals surface area contributed by atoms with Crippen molar-refractivity contribution < 1.29 is 14.7 Å². The van der Waals surface area contributed by atoms with Crippen molar-refractivity contribution in [1.29, 1.82) is 0 Å². The predicted octanol–water partition coefficient (Wildman–Crippen LogP) is -1.44. The second-order valence-electron chi connectivity index (χ2n) is 0.0962. The lowest BCUT2D eigenvalue weighted by atomic mass is 11.7. The molecule has 0 aromatic rings. The Balaban J connectivity index is -0.0000000275. The van der Waals surface area contributed by atoms with Crippen molar-refractivity contribution in [2.75, 3.05) is 0 Å². The number of rotatable bonds is 0. The number of quaternary nitrogens is 1. The van der Waals surface area contributed by atoms with E-state index in [-0.39, 0.29) is 6.15 Å². The van der Waals surface area contributed by atoms with Gasteiger partial charge in [0.2, 0.25) is 0 Å². The largest absolute Gasteiger partial charge is 0.554 e. The van der Waals surface area contributed by atoms with E-state index in [0.29, 0.717) is 0 Å². The lowest BCUT2D eigenvalue weighted by molar-refractivity contribution is -0.283. The number of carboxylic acid groups (broad SMARTS) is 1. The summed E-state index contributed by atoms with van der Waals surface area (Å²) in [6.07, 6.45) is 0. The molecule has 0 spiro atoms. The van der Waals surface area contributed by atoms with Crippen LogP contribution >= 0.6 is 0 Å². The van der Waals surface area contributed by atoms with E-state index < -0.39 is 6.47 Å². The highest BCUT2D eigenvalue weighted by Crippen LogP contribution is 0.754. The number of carbonyl (C=O) groups excluding carboxylic acids is 2. The molecule has 0 unspecified atom stereocenters. The number of hydrogen-bond donors (Lipinski definition) is 1. The molecule has 0 aromatic carbocycles. The van der Waals surface area contributed by atoms with E-state index in [1.807, 2.05) is 6.79 Å². The van der Waals surface area contributed by atoms with Gasteiger partial charge in [-0.15, -0.1) is 0 Å². The quantitative estimate of drug-likeness (QED) is 0.371. The van der Waals surface area contributed by atoms with E-state index >= 15 is 0 Å². The number of carbonyl (C=O) groups is 2. The van der Waals surface area contributed by atoms with Gasteiger partial charge >= 0.3 is 0 Å². The third-order valence-electron chi connectivity index (χ3n) is 0. The molecule has 4 heteroatoms. The third kappa shape index (κ3) is 16.9. The molecule has 0 heterocycles. The van der Waals surface area contributed by atoms with Gasteiger partial charge in [0.05, 0.1) is 0 Å². The van der Waals surface area contributed by atoms with Gasteiger partial charge in [-0.05, 0) is 0 Å². The van der Waals surface area contributed by atoms with Crippen molar-refractivity contribution >= 4 is 13.3 Å². The van der Waals surface area contributed by atoms with Gasteiger partial charge in [0, 0.05) is 6.47 Å².